The molecule has 0 bridgehead atoms. The highest BCUT2D eigenvalue weighted by molar-refractivity contribution is 6.13. The number of hydrogen-bond acceptors (Lipinski definition) is 2. The summed E-state index contributed by atoms with van der Waals surface area (Å²) in [6.45, 7) is 0. The Morgan fingerprint density at radius 2 is 0.810 bits per heavy atom. The molecule has 0 unspecified atom stereocenters. The van der Waals surface area contributed by atoms with E-state index in [0.29, 0.717) is 0 Å². The molecular weight excluding hydrogens is 763 g/mol. The van der Waals surface area contributed by atoms with Crippen molar-refractivity contribution in [3.63, 3.8) is 0 Å². The number of hydrogen-bond donors (Lipinski definition) is 0. The van der Waals surface area contributed by atoms with Gasteiger partial charge in [0.2, 0.25) is 0 Å². The zero-order valence-corrected chi connectivity index (χ0v) is 34.5. The molecule has 0 amide bonds. The molecule has 1 heterocycles. The first kappa shape index (κ1) is 36.6. The van der Waals surface area contributed by atoms with Crippen molar-refractivity contribution < 1.29 is 4.42 Å². The van der Waals surface area contributed by atoms with Crippen molar-refractivity contribution in [1.29, 1.82) is 0 Å². The standard InChI is InChI=1S/C61H41NO/c1-4-18-42(19-5-1)45-36-37-58-55(40-45)60-52(32-17-35-59(60)63-58)46-22-14-20-43(38-46)44-21-15-28-50(39-44)62(49-26-8-3-9-27-49)51-29-16-25-48(41-51)61(47-23-6-2-7-24-47)56-33-12-10-30-53(56)54-31-11-13-34-57(54)61/h1-41H. The van der Waals surface area contributed by atoms with Gasteiger partial charge in [0, 0.05) is 27.8 Å². The van der Waals surface area contributed by atoms with Crippen LogP contribution in [0, 0.1) is 0 Å². The molecule has 0 saturated carbocycles. The maximum atomic E-state index is 6.45. The molecule has 10 aromatic carbocycles. The molecule has 0 aliphatic heterocycles. The summed E-state index contributed by atoms with van der Waals surface area (Å²) in [6, 6.07) is 90.2. The highest BCUT2D eigenvalue weighted by Gasteiger charge is 2.46. The van der Waals surface area contributed by atoms with Crippen molar-refractivity contribution in [3.8, 4) is 44.5 Å². The van der Waals surface area contributed by atoms with Gasteiger partial charge >= 0.3 is 0 Å². The second-order valence-electron chi connectivity index (χ2n) is 16.4. The predicted octanol–water partition coefficient (Wildman–Crippen LogP) is 16.4. The third kappa shape index (κ3) is 6.02. The maximum Gasteiger partial charge on any atom is 0.136 e. The Bertz CT molecular complexity index is 3410. The normalized spacial score (nSPS) is 12.6. The van der Waals surface area contributed by atoms with E-state index in [-0.39, 0.29) is 0 Å². The summed E-state index contributed by atoms with van der Waals surface area (Å²) in [5, 5.41) is 2.25. The van der Waals surface area contributed by atoms with Crippen LogP contribution < -0.4 is 4.90 Å². The van der Waals surface area contributed by atoms with Gasteiger partial charge in [-0.3, -0.25) is 0 Å². The first-order valence-electron chi connectivity index (χ1n) is 21.7. The van der Waals surface area contributed by atoms with E-state index in [4.69, 9.17) is 4.42 Å². The van der Waals surface area contributed by atoms with Crippen LogP contribution in [0.3, 0.4) is 0 Å². The largest absolute Gasteiger partial charge is 0.456 e. The fraction of sp³-hybridized carbons (Fsp3) is 0.0164. The fourth-order valence-corrected chi connectivity index (χ4v) is 10.2. The van der Waals surface area contributed by atoms with E-state index >= 15 is 0 Å². The van der Waals surface area contributed by atoms with Gasteiger partial charge in [-0.25, -0.2) is 0 Å². The Balaban J connectivity index is 0.985. The van der Waals surface area contributed by atoms with Crippen LogP contribution in [0.5, 0.6) is 0 Å². The van der Waals surface area contributed by atoms with E-state index in [1.807, 2.05) is 0 Å². The van der Waals surface area contributed by atoms with Crippen molar-refractivity contribution >= 4 is 39.0 Å². The van der Waals surface area contributed by atoms with Crippen LogP contribution in [0.2, 0.25) is 0 Å². The highest BCUT2D eigenvalue weighted by atomic mass is 16.3. The second kappa shape index (κ2) is 15.1. The molecule has 2 heteroatoms. The lowest BCUT2D eigenvalue weighted by atomic mass is 9.67. The number of fused-ring (bicyclic) bond motifs is 6. The lowest BCUT2D eigenvalue weighted by Crippen LogP contribution is -2.28. The van der Waals surface area contributed by atoms with Crippen molar-refractivity contribution in [1.82, 2.24) is 0 Å². The van der Waals surface area contributed by atoms with Gasteiger partial charge in [-0.1, -0.05) is 188 Å². The summed E-state index contributed by atoms with van der Waals surface area (Å²) in [5.41, 5.74) is 19.2. The molecule has 0 radical (unpaired) electrons. The Labute approximate surface area is 367 Å². The summed E-state index contributed by atoms with van der Waals surface area (Å²) >= 11 is 0. The number of benzene rings is 10. The summed E-state index contributed by atoms with van der Waals surface area (Å²) in [4.78, 5) is 2.39. The lowest BCUT2D eigenvalue weighted by Gasteiger charge is -2.35. The third-order valence-electron chi connectivity index (χ3n) is 12.9. The lowest BCUT2D eigenvalue weighted by molar-refractivity contribution is 0.669. The van der Waals surface area contributed by atoms with Gasteiger partial charge in [0.05, 0.1) is 5.41 Å². The summed E-state index contributed by atoms with van der Waals surface area (Å²) in [6.07, 6.45) is 0. The van der Waals surface area contributed by atoms with Crippen molar-refractivity contribution in [2.75, 3.05) is 4.90 Å². The minimum absolute atomic E-state index is 0.499. The van der Waals surface area contributed by atoms with E-state index in [9.17, 15) is 0 Å². The van der Waals surface area contributed by atoms with Crippen LogP contribution in [0.1, 0.15) is 22.3 Å². The second-order valence-corrected chi connectivity index (χ2v) is 16.4. The van der Waals surface area contributed by atoms with E-state index in [1.165, 1.54) is 44.5 Å². The maximum absolute atomic E-state index is 6.45. The SMILES string of the molecule is c1ccc(-c2ccc3oc4cccc(-c5cccc(-c6cccc(N(c7ccccc7)c7cccc(C8(c9ccccc9)c9ccccc9-c9ccccc98)c7)c6)c5)c4c3c2)cc1. The first-order valence-corrected chi connectivity index (χ1v) is 21.7. The van der Waals surface area contributed by atoms with E-state index in [1.54, 1.807) is 0 Å². The van der Waals surface area contributed by atoms with E-state index in [0.717, 1.165) is 61.3 Å². The number of nitrogens with zero attached hydrogens (tertiary/aromatic N) is 1. The van der Waals surface area contributed by atoms with E-state index < -0.39 is 5.41 Å². The molecule has 2 nitrogen and oxygen atoms in total. The molecule has 0 N–H and O–H groups in total. The van der Waals surface area contributed by atoms with E-state index in [2.05, 4.69) is 254 Å². The first-order chi connectivity index (χ1) is 31.2. The molecule has 11 aromatic rings. The Kier molecular flexibility index (Phi) is 8.76. The molecule has 0 atom stereocenters. The van der Waals surface area contributed by atoms with Crippen LogP contribution >= 0.6 is 0 Å². The molecule has 296 valence electrons. The summed E-state index contributed by atoms with van der Waals surface area (Å²) < 4.78 is 6.45. The van der Waals surface area contributed by atoms with Crippen molar-refractivity contribution in [2.45, 2.75) is 5.41 Å². The number of furan rings is 1. The summed E-state index contributed by atoms with van der Waals surface area (Å²) in [5.74, 6) is 0. The molecule has 1 aliphatic carbocycles. The third-order valence-corrected chi connectivity index (χ3v) is 12.9. The molecule has 0 saturated heterocycles. The quantitative estimate of drug-likeness (QED) is 0.152. The van der Waals surface area contributed by atoms with Crippen molar-refractivity contribution in [3.05, 3.63) is 271 Å². The molecular formula is C61H41NO. The van der Waals surface area contributed by atoms with Crippen LogP contribution in [-0.2, 0) is 5.41 Å². The van der Waals surface area contributed by atoms with Crippen LogP contribution in [0.4, 0.5) is 17.1 Å². The molecule has 12 rings (SSSR count). The average molecular weight is 804 g/mol. The number of rotatable bonds is 8. The Hall–Kier alpha value is -8.20. The van der Waals surface area contributed by atoms with Gasteiger partial charge in [0.15, 0.2) is 0 Å². The zero-order chi connectivity index (χ0) is 41.7. The number of anilines is 3. The monoisotopic (exact) mass is 803 g/mol. The molecule has 0 spiro atoms. The summed E-state index contributed by atoms with van der Waals surface area (Å²) in [7, 11) is 0. The van der Waals surface area contributed by atoms with Crippen molar-refractivity contribution in [2.24, 2.45) is 0 Å². The van der Waals surface area contributed by atoms with Gasteiger partial charge in [-0.2, -0.15) is 0 Å². The van der Waals surface area contributed by atoms with Crippen LogP contribution in [0.25, 0.3) is 66.4 Å². The van der Waals surface area contributed by atoms with Gasteiger partial charge < -0.3 is 9.32 Å². The van der Waals surface area contributed by atoms with Gasteiger partial charge in [-0.05, 0) is 127 Å². The van der Waals surface area contributed by atoms with Gasteiger partial charge in [-0.15, -0.1) is 0 Å². The Morgan fingerprint density at radius 1 is 0.302 bits per heavy atom. The molecule has 1 aromatic heterocycles. The Morgan fingerprint density at radius 3 is 1.56 bits per heavy atom. The molecule has 63 heavy (non-hydrogen) atoms. The number of para-hydroxylation sites is 1. The van der Waals surface area contributed by atoms with Crippen LogP contribution in [-0.4, -0.2) is 0 Å². The van der Waals surface area contributed by atoms with Crippen LogP contribution in [0.15, 0.2) is 253 Å². The molecule has 1 aliphatic rings. The average Bonchev–Trinajstić information content (AvgIpc) is 3.89. The topological polar surface area (TPSA) is 16.4 Å². The fourth-order valence-electron chi connectivity index (χ4n) is 10.2. The minimum atomic E-state index is -0.499. The molecule has 0 fully saturated rings. The van der Waals surface area contributed by atoms with Gasteiger partial charge in [0.1, 0.15) is 11.2 Å². The predicted molar refractivity (Wildman–Crippen MR) is 262 cm³/mol. The van der Waals surface area contributed by atoms with Gasteiger partial charge in [0.25, 0.3) is 0 Å². The zero-order valence-electron chi connectivity index (χ0n) is 34.5. The smallest absolute Gasteiger partial charge is 0.136 e. The minimum Gasteiger partial charge on any atom is -0.456 e. The highest BCUT2D eigenvalue weighted by Crippen LogP contribution is 2.56.